The Balaban J connectivity index is 0.00000144. The fraction of sp³-hybridized carbons (Fsp3) is 0.917. The lowest BCUT2D eigenvalue weighted by atomic mass is 10.1. The molecule has 0 radical (unpaired) electrons. The number of hydrogen-bond donors (Lipinski definition) is 2. The van der Waals surface area contributed by atoms with Crippen molar-refractivity contribution in [2.45, 2.75) is 57.2 Å². The van der Waals surface area contributed by atoms with Gasteiger partial charge in [-0.15, -0.1) is 12.4 Å². The smallest absolute Gasteiger partial charge is 0.236 e. The molecule has 2 unspecified atom stereocenters. The van der Waals surface area contributed by atoms with E-state index in [-0.39, 0.29) is 30.5 Å². The monoisotopic (exact) mass is 262 g/mol. The van der Waals surface area contributed by atoms with Crippen LogP contribution in [0.5, 0.6) is 0 Å². The maximum absolute atomic E-state index is 12.0. The number of likely N-dealkylation sites (tertiary alicyclic amines) is 1. The van der Waals surface area contributed by atoms with E-state index >= 15 is 0 Å². The van der Waals surface area contributed by atoms with Gasteiger partial charge in [-0.25, -0.2) is 0 Å². The summed E-state index contributed by atoms with van der Waals surface area (Å²) >= 11 is 0. The van der Waals surface area contributed by atoms with Crippen molar-refractivity contribution in [2.75, 3.05) is 13.1 Å². The van der Waals surface area contributed by atoms with E-state index in [1.165, 1.54) is 12.8 Å². The van der Waals surface area contributed by atoms with Gasteiger partial charge in [0.2, 0.25) is 5.91 Å². The highest BCUT2D eigenvalue weighted by atomic mass is 35.5. The summed E-state index contributed by atoms with van der Waals surface area (Å²) in [6, 6.07) is 0.843. The van der Waals surface area contributed by atoms with Crippen LogP contribution in [0.15, 0.2) is 0 Å². The number of aliphatic hydroxyl groups is 1. The zero-order chi connectivity index (χ0) is 11.5. The number of aliphatic hydroxyl groups excluding tert-OH is 1. The summed E-state index contributed by atoms with van der Waals surface area (Å²) in [5.74, 6) is 0.204. The first kappa shape index (κ1) is 14.7. The van der Waals surface area contributed by atoms with Crippen LogP contribution in [0, 0.1) is 0 Å². The third-order valence-electron chi connectivity index (χ3n) is 3.43. The van der Waals surface area contributed by atoms with Crippen molar-refractivity contribution < 1.29 is 9.90 Å². The SMILES string of the molecule is CC(O)CC1CCCN1C(=O)CNC1CC1.Cl. The van der Waals surface area contributed by atoms with Crippen LogP contribution in [0.2, 0.25) is 0 Å². The van der Waals surface area contributed by atoms with Crippen LogP contribution in [0.25, 0.3) is 0 Å². The summed E-state index contributed by atoms with van der Waals surface area (Å²) in [5, 5.41) is 12.6. The first-order chi connectivity index (χ1) is 7.66. The number of carbonyl (C=O) groups excluding carboxylic acids is 1. The lowest BCUT2D eigenvalue weighted by Gasteiger charge is -2.25. The van der Waals surface area contributed by atoms with Gasteiger partial charge in [-0.05, 0) is 39.0 Å². The number of carbonyl (C=O) groups is 1. The molecule has 0 aromatic heterocycles. The van der Waals surface area contributed by atoms with Crippen LogP contribution < -0.4 is 5.32 Å². The lowest BCUT2D eigenvalue weighted by molar-refractivity contribution is -0.131. The van der Waals surface area contributed by atoms with E-state index < -0.39 is 0 Å². The molecule has 2 aliphatic rings. The highest BCUT2D eigenvalue weighted by Gasteiger charge is 2.30. The Hall–Kier alpha value is -0.320. The van der Waals surface area contributed by atoms with Crippen molar-refractivity contribution in [2.24, 2.45) is 0 Å². The van der Waals surface area contributed by atoms with Gasteiger partial charge in [0, 0.05) is 18.6 Å². The average molecular weight is 263 g/mol. The predicted octanol–water partition coefficient (Wildman–Crippen LogP) is 0.922. The number of nitrogens with one attached hydrogen (secondary N) is 1. The number of nitrogens with zero attached hydrogens (tertiary/aromatic N) is 1. The van der Waals surface area contributed by atoms with Gasteiger partial charge in [-0.1, -0.05) is 0 Å². The zero-order valence-corrected chi connectivity index (χ0v) is 11.2. The van der Waals surface area contributed by atoms with Crippen LogP contribution in [0.4, 0.5) is 0 Å². The summed E-state index contributed by atoms with van der Waals surface area (Å²) in [6.45, 7) is 3.13. The van der Waals surface area contributed by atoms with Gasteiger partial charge >= 0.3 is 0 Å². The molecule has 2 atom stereocenters. The van der Waals surface area contributed by atoms with Crippen LogP contribution >= 0.6 is 12.4 Å². The van der Waals surface area contributed by atoms with E-state index in [0.29, 0.717) is 12.6 Å². The van der Waals surface area contributed by atoms with Gasteiger partial charge in [-0.2, -0.15) is 0 Å². The third-order valence-corrected chi connectivity index (χ3v) is 3.43. The molecule has 1 heterocycles. The van der Waals surface area contributed by atoms with Crippen molar-refractivity contribution in [3.63, 3.8) is 0 Å². The van der Waals surface area contributed by atoms with Gasteiger partial charge in [-0.3, -0.25) is 4.79 Å². The van der Waals surface area contributed by atoms with Gasteiger partial charge in [0.05, 0.1) is 12.6 Å². The minimum Gasteiger partial charge on any atom is -0.393 e. The molecule has 5 heteroatoms. The molecule has 1 aliphatic carbocycles. The maximum atomic E-state index is 12.0. The summed E-state index contributed by atoms with van der Waals surface area (Å²) in [6.07, 6.45) is 4.95. The van der Waals surface area contributed by atoms with E-state index in [1.807, 2.05) is 4.90 Å². The molecule has 2 fully saturated rings. The number of amides is 1. The van der Waals surface area contributed by atoms with Crippen LogP contribution in [-0.4, -0.2) is 47.2 Å². The van der Waals surface area contributed by atoms with Crippen molar-refractivity contribution in [3.8, 4) is 0 Å². The predicted molar refractivity (Wildman–Crippen MR) is 69.3 cm³/mol. The highest BCUT2D eigenvalue weighted by molar-refractivity contribution is 5.85. The molecule has 0 spiro atoms. The first-order valence-electron chi connectivity index (χ1n) is 6.37. The fourth-order valence-corrected chi connectivity index (χ4v) is 2.42. The Labute approximate surface area is 109 Å². The molecule has 2 N–H and O–H groups in total. The summed E-state index contributed by atoms with van der Waals surface area (Å²) in [4.78, 5) is 13.9. The minimum absolute atomic E-state index is 0. The quantitative estimate of drug-likeness (QED) is 0.775. The largest absolute Gasteiger partial charge is 0.393 e. The van der Waals surface area contributed by atoms with Crippen molar-refractivity contribution >= 4 is 18.3 Å². The second kappa shape index (κ2) is 6.57. The molecule has 0 bridgehead atoms. The first-order valence-corrected chi connectivity index (χ1v) is 6.37. The molecule has 1 aliphatic heterocycles. The van der Waals surface area contributed by atoms with E-state index in [9.17, 15) is 9.90 Å². The Kier molecular flexibility index (Phi) is 5.70. The van der Waals surface area contributed by atoms with Crippen LogP contribution in [0.1, 0.15) is 39.0 Å². The van der Waals surface area contributed by atoms with Crippen molar-refractivity contribution in [1.82, 2.24) is 10.2 Å². The third kappa shape index (κ3) is 4.45. The normalized spacial score (nSPS) is 25.5. The summed E-state index contributed by atoms with van der Waals surface area (Å²) < 4.78 is 0. The standard InChI is InChI=1S/C12H22N2O2.ClH/c1-9(15)7-11-3-2-6-14(11)12(16)8-13-10-4-5-10;/h9-11,13,15H,2-8H2,1H3;1H. The molecule has 4 nitrogen and oxygen atoms in total. The topological polar surface area (TPSA) is 52.6 Å². The summed E-state index contributed by atoms with van der Waals surface area (Å²) in [5.41, 5.74) is 0. The Morgan fingerprint density at radius 1 is 1.47 bits per heavy atom. The molecule has 1 saturated carbocycles. The zero-order valence-electron chi connectivity index (χ0n) is 10.4. The number of halogens is 1. The summed E-state index contributed by atoms with van der Waals surface area (Å²) in [7, 11) is 0. The fourth-order valence-electron chi connectivity index (χ4n) is 2.42. The van der Waals surface area contributed by atoms with Crippen LogP contribution in [0.3, 0.4) is 0 Å². The highest BCUT2D eigenvalue weighted by Crippen LogP contribution is 2.22. The van der Waals surface area contributed by atoms with Gasteiger partial charge in [0.15, 0.2) is 0 Å². The maximum Gasteiger partial charge on any atom is 0.236 e. The number of rotatable bonds is 5. The van der Waals surface area contributed by atoms with Gasteiger partial charge in [0.25, 0.3) is 0 Å². The van der Waals surface area contributed by atoms with E-state index in [2.05, 4.69) is 5.32 Å². The average Bonchev–Trinajstić information content (AvgIpc) is 2.94. The Bertz CT molecular complexity index is 257. The molecular weight excluding hydrogens is 240 g/mol. The second-order valence-corrected chi connectivity index (χ2v) is 5.12. The molecular formula is C12H23ClN2O2. The molecule has 100 valence electrons. The second-order valence-electron chi connectivity index (χ2n) is 5.12. The van der Waals surface area contributed by atoms with E-state index in [4.69, 9.17) is 0 Å². The Morgan fingerprint density at radius 3 is 2.76 bits per heavy atom. The molecule has 0 aromatic rings. The number of hydrogen-bond acceptors (Lipinski definition) is 3. The molecule has 2 rings (SSSR count). The lowest BCUT2D eigenvalue weighted by Crippen LogP contribution is -2.42. The Morgan fingerprint density at radius 2 is 2.18 bits per heavy atom. The van der Waals surface area contributed by atoms with Crippen molar-refractivity contribution in [3.05, 3.63) is 0 Å². The van der Waals surface area contributed by atoms with Crippen LogP contribution in [-0.2, 0) is 4.79 Å². The molecule has 1 amide bonds. The molecule has 1 saturated heterocycles. The minimum atomic E-state index is -0.310. The van der Waals surface area contributed by atoms with E-state index in [0.717, 1.165) is 25.8 Å². The van der Waals surface area contributed by atoms with E-state index in [1.54, 1.807) is 6.92 Å². The molecule has 17 heavy (non-hydrogen) atoms. The van der Waals surface area contributed by atoms with Gasteiger partial charge in [0.1, 0.15) is 0 Å². The van der Waals surface area contributed by atoms with Gasteiger partial charge < -0.3 is 15.3 Å². The van der Waals surface area contributed by atoms with Crippen molar-refractivity contribution in [1.29, 1.82) is 0 Å². The molecule has 0 aromatic carbocycles.